The standard InChI is InChI=1S/C24H23NO2S/c1-4-18-9-11-19(12-10-18)13-14-20-15-16-23(28-20)17(2)25-22-8-6-5-7-21(22)24(26)27-3/h5-16,25H,2,4H2,1,3H3/b14-13+. The number of rotatable bonds is 7. The van der Waals surface area contributed by atoms with Gasteiger partial charge in [-0.1, -0.05) is 56.0 Å². The van der Waals surface area contributed by atoms with E-state index in [4.69, 9.17) is 4.74 Å². The summed E-state index contributed by atoms with van der Waals surface area (Å²) in [4.78, 5) is 14.1. The van der Waals surface area contributed by atoms with Gasteiger partial charge in [-0.25, -0.2) is 4.79 Å². The SMILES string of the molecule is C=C(Nc1ccccc1C(=O)OC)c1ccc(/C=C/c2ccc(CC)cc2)s1. The second-order valence-corrected chi connectivity index (χ2v) is 7.39. The Bertz CT molecular complexity index is 999. The van der Waals surface area contributed by atoms with Gasteiger partial charge in [0, 0.05) is 10.6 Å². The molecule has 0 spiro atoms. The number of carbonyl (C=O) groups is 1. The summed E-state index contributed by atoms with van der Waals surface area (Å²) in [5.41, 5.74) is 4.42. The number of aryl methyl sites for hydroxylation is 1. The Kier molecular flexibility index (Phi) is 6.45. The van der Waals surface area contributed by atoms with Crippen molar-refractivity contribution < 1.29 is 9.53 Å². The van der Waals surface area contributed by atoms with Crippen molar-refractivity contribution in [1.82, 2.24) is 0 Å². The topological polar surface area (TPSA) is 38.3 Å². The van der Waals surface area contributed by atoms with Gasteiger partial charge in [0.2, 0.25) is 0 Å². The van der Waals surface area contributed by atoms with E-state index >= 15 is 0 Å². The maximum Gasteiger partial charge on any atom is 0.339 e. The molecule has 3 rings (SSSR count). The zero-order valence-corrected chi connectivity index (χ0v) is 16.9. The van der Waals surface area contributed by atoms with Crippen molar-refractivity contribution in [2.45, 2.75) is 13.3 Å². The van der Waals surface area contributed by atoms with Crippen LogP contribution in [0.5, 0.6) is 0 Å². The zero-order valence-electron chi connectivity index (χ0n) is 16.1. The Morgan fingerprint density at radius 3 is 2.54 bits per heavy atom. The first-order valence-electron chi connectivity index (χ1n) is 9.11. The molecule has 0 aliphatic carbocycles. The molecule has 1 heterocycles. The third kappa shape index (κ3) is 4.78. The molecule has 0 aliphatic rings. The molecule has 4 heteroatoms. The van der Waals surface area contributed by atoms with Gasteiger partial charge in [-0.05, 0) is 47.9 Å². The molecule has 3 aromatic rings. The van der Waals surface area contributed by atoms with Crippen LogP contribution in [0.3, 0.4) is 0 Å². The predicted octanol–water partition coefficient (Wildman–Crippen LogP) is 6.35. The highest BCUT2D eigenvalue weighted by atomic mass is 32.1. The minimum Gasteiger partial charge on any atom is -0.465 e. The fraction of sp³-hybridized carbons (Fsp3) is 0.125. The van der Waals surface area contributed by atoms with Crippen LogP contribution < -0.4 is 5.32 Å². The van der Waals surface area contributed by atoms with Gasteiger partial charge in [0.1, 0.15) is 0 Å². The molecule has 3 nitrogen and oxygen atoms in total. The predicted molar refractivity (Wildman–Crippen MR) is 120 cm³/mol. The van der Waals surface area contributed by atoms with Gasteiger partial charge in [-0.2, -0.15) is 0 Å². The van der Waals surface area contributed by atoms with Crippen LogP contribution in [-0.2, 0) is 11.2 Å². The van der Waals surface area contributed by atoms with E-state index in [-0.39, 0.29) is 5.97 Å². The van der Waals surface area contributed by atoms with Crippen LogP contribution in [0.4, 0.5) is 5.69 Å². The lowest BCUT2D eigenvalue weighted by Gasteiger charge is -2.11. The van der Waals surface area contributed by atoms with E-state index in [0.29, 0.717) is 11.3 Å². The summed E-state index contributed by atoms with van der Waals surface area (Å²) in [6.07, 6.45) is 5.26. The molecule has 0 bridgehead atoms. The number of hydrogen-bond acceptors (Lipinski definition) is 4. The molecule has 0 aliphatic heterocycles. The molecule has 28 heavy (non-hydrogen) atoms. The number of hydrogen-bond donors (Lipinski definition) is 1. The fourth-order valence-electron chi connectivity index (χ4n) is 2.75. The number of ether oxygens (including phenoxy) is 1. The smallest absolute Gasteiger partial charge is 0.339 e. The molecule has 0 fully saturated rings. The number of nitrogens with one attached hydrogen (secondary N) is 1. The number of thiophene rings is 1. The first-order chi connectivity index (χ1) is 13.6. The Labute approximate surface area is 170 Å². The summed E-state index contributed by atoms with van der Waals surface area (Å²) in [7, 11) is 1.38. The highest BCUT2D eigenvalue weighted by Crippen LogP contribution is 2.27. The second-order valence-electron chi connectivity index (χ2n) is 6.27. The summed E-state index contributed by atoms with van der Waals surface area (Å²) in [6.45, 7) is 6.28. The lowest BCUT2D eigenvalue weighted by Crippen LogP contribution is -2.06. The van der Waals surface area contributed by atoms with Crippen LogP contribution in [0.15, 0.2) is 67.2 Å². The third-order valence-electron chi connectivity index (χ3n) is 4.37. The van der Waals surface area contributed by atoms with E-state index in [2.05, 4.69) is 61.3 Å². The summed E-state index contributed by atoms with van der Waals surface area (Å²) in [5, 5.41) is 3.23. The molecule has 0 saturated carbocycles. The van der Waals surface area contributed by atoms with Gasteiger partial charge < -0.3 is 10.1 Å². The molecule has 0 amide bonds. The van der Waals surface area contributed by atoms with Gasteiger partial charge >= 0.3 is 5.97 Å². The molecular weight excluding hydrogens is 366 g/mol. The molecule has 2 aromatic carbocycles. The third-order valence-corrected chi connectivity index (χ3v) is 5.48. The van der Waals surface area contributed by atoms with Crippen LogP contribution in [0.2, 0.25) is 0 Å². The van der Waals surface area contributed by atoms with Crippen LogP contribution >= 0.6 is 11.3 Å². The van der Waals surface area contributed by atoms with Crippen molar-refractivity contribution in [3.63, 3.8) is 0 Å². The van der Waals surface area contributed by atoms with Crippen LogP contribution in [0.25, 0.3) is 17.8 Å². The number of carbonyl (C=O) groups excluding carboxylic acids is 1. The lowest BCUT2D eigenvalue weighted by molar-refractivity contribution is 0.0602. The summed E-state index contributed by atoms with van der Waals surface area (Å²) < 4.78 is 4.84. The highest BCUT2D eigenvalue weighted by Gasteiger charge is 2.12. The Balaban J connectivity index is 1.70. The minimum atomic E-state index is -0.375. The van der Waals surface area contributed by atoms with Crippen molar-refractivity contribution in [3.8, 4) is 0 Å². The summed E-state index contributed by atoms with van der Waals surface area (Å²) in [6, 6.07) is 19.9. The fourth-order valence-corrected chi connectivity index (χ4v) is 3.59. The van der Waals surface area contributed by atoms with E-state index in [9.17, 15) is 4.79 Å². The van der Waals surface area contributed by atoms with E-state index in [1.54, 1.807) is 23.5 Å². The van der Waals surface area contributed by atoms with Crippen LogP contribution in [-0.4, -0.2) is 13.1 Å². The average molecular weight is 390 g/mol. The normalized spacial score (nSPS) is 10.8. The molecule has 142 valence electrons. The van der Waals surface area contributed by atoms with Gasteiger partial charge in [0.15, 0.2) is 0 Å². The monoisotopic (exact) mass is 389 g/mol. The molecule has 0 saturated heterocycles. The maximum absolute atomic E-state index is 11.9. The Morgan fingerprint density at radius 2 is 1.82 bits per heavy atom. The molecule has 0 unspecified atom stereocenters. The summed E-state index contributed by atoms with van der Waals surface area (Å²) in [5.74, 6) is -0.375. The van der Waals surface area contributed by atoms with Crippen LogP contribution in [0, 0.1) is 0 Å². The van der Waals surface area contributed by atoms with Crippen molar-refractivity contribution in [3.05, 3.63) is 93.7 Å². The molecular formula is C24H23NO2S. The van der Waals surface area contributed by atoms with E-state index in [1.807, 2.05) is 18.2 Å². The second kappa shape index (κ2) is 9.20. The average Bonchev–Trinajstić information content (AvgIpc) is 3.21. The highest BCUT2D eigenvalue weighted by molar-refractivity contribution is 7.14. The lowest BCUT2D eigenvalue weighted by atomic mass is 10.1. The van der Waals surface area contributed by atoms with E-state index in [1.165, 1.54) is 18.2 Å². The molecule has 0 radical (unpaired) electrons. The molecule has 1 N–H and O–H groups in total. The molecule has 1 aromatic heterocycles. The molecule has 0 atom stereocenters. The number of para-hydroxylation sites is 1. The number of esters is 1. The number of anilines is 1. The van der Waals surface area contributed by atoms with Crippen molar-refractivity contribution >= 4 is 40.8 Å². The number of methoxy groups -OCH3 is 1. The summed E-state index contributed by atoms with van der Waals surface area (Å²) >= 11 is 1.64. The minimum absolute atomic E-state index is 0.375. The van der Waals surface area contributed by atoms with Crippen molar-refractivity contribution in [1.29, 1.82) is 0 Å². The quantitative estimate of drug-likeness (QED) is 0.479. The van der Waals surface area contributed by atoms with Crippen molar-refractivity contribution in [2.24, 2.45) is 0 Å². The zero-order chi connectivity index (χ0) is 19.9. The van der Waals surface area contributed by atoms with Gasteiger partial charge in [-0.15, -0.1) is 11.3 Å². The number of benzene rings is 2. The Morgan fingerprint density at radius 1 is 1.07 bits per heavy atom. The van der Waals surface area contributed by atoms with Gasteiger partial charge in [0.25, 0.3) is 0 Å². The maximum atomic E-state index is 11.9. The van der Waals surface area contributed by atoms with E-state index < -0.39 is 0 Å². The van der Waals surface area contributed by atoms with E-state index in [0.717, 1.165) is 21.9 Å². The first kappa shape index (κ1) is 19.6. The van der Waals surface area contributed by atoms with Crippen molar-refractivity contribution in [2.75, 3.05) is 12.4 Å². The van der Waals surface area contributed by atoms with Crippen LogP contribution in [0.1, 0.15) is 38.2 Å². The largest absolute Gasteiger partial charge is 0.465 e. The van der Waals surface area contributed by atoms with Gasteiger partial charge in [-0.3, -0.25) is 0 Å². The van der Waals surface area contributed by atoms with Gasteiger partial charge in [0.05, 0.1) is 23.2 Å². The Hall–Kier alpha value is -3.11. The first-order valence-corrected chi connectivity index (χ1v) is 9.93.